The van der Waals surface area contributed by atoms with Crippen molar-refractivity contribution >= 4 is 5.91 Å². The van der Waals surface area contributed by atoms with Crippen molar-refractivity contribution in [3.05, 3.63) is 23.9 Å². The van der Waals surface area contributed by atoms with Crippen LogP contribution in [0.1, 0.15) is 17.3 Å². The molecule has 0 fully saturated rings. The maximum Gasteiger partial charge on any atom is 0.252 e. The number of hydrogen-bond acceptors (Lipinski definition) is 4. The molecule has 0 aliphatic heterocycles. The molecule has 2 N–H and O–H groups in total. The van der Waals surface area contributed by atoms with E-state index in [9.17, 15) is 4.79 Å². The minimum absolute atomic E-state index is 0.227. The van der Waals surface area contributed by atoms with Gasteiger partial charge < -0.3 is 15.2 Å². The molecule has 5 heteroatoms. The zero-order valence-corrected chi connectivity index (χ0v) is 8.73. The molecule has 1 aromatic heterocycles. The Hall–Kier alpha value is -1.62. The van der Waals surface area contributed by atoms with Gasteiger partial charge in [0, 0.05) is 18.8 Å². The molecule has 0 aromatic carbocycles. The van der Waals surface area contributed by atoms with Crippen molar-refractivity contribution in [3.8, 4) is 5.88 Å². The second-order valence-corrected chi connectivity index (χ2v) is 3.15. The van der Waals surface area contributed by atoms with Crippen molar-refractivity contribution in [1.29, 1.82) is 0 Å². The fraction of sp³-hybridized carbons (Fsp3) is 0.400. The molecule has 1 heterocycles. The predicted octanol–water partition coefficient (Wildman–Crippen LogP) is 0.201. The van der Waals surface area contributed by atoms with Crippen molar-refractivity contribution < 1.29 is 14.6 Å². The van der Waals surface area contributed by atoms with Crippen LogP contribution in [0.3, 0.4) is 0 Å². The van der Waals surface area contributed by atoms with Gasteiger partial charge in [-0.3, -0.25) is 4.79 Å². The van der Waals surface area contributed by atoms with Gasteiger partial charge in [0.05, 0.1) is 18.8 Å². The van der Waals surface area contributed by atoms with Crippen molar-refractivity contribution in [2.75, 3.05) is 13.7 Å². The highest BCUT2D eigenvalue weighted by Gasteiger charge is 2.06. The Bertz CT molecular complexity index is 322. The summed E-state index contributed by atoms with van der Waals surface area (Å²) in [6.45, 7) is 1.83. The summed E-state index contributed by atoms with van der Waals surface area (Å²) < 4.78 is 4.86. The molecule has 1 aromatic rings. The molecule has 15 heavy (non-hydrogen) atoms. The minimum Gasteiger partial charge on any atom is -0.481 e. The molecule has 5 nitrogen and oxygen atoms in total. The van der Waals surface area contributed by atoms with Gasteiger partial charge in [-0.2, -0.15) is 0 Å². The quantitative estimate of drug-likeness (QED) is 0.744. The van der Waals surface area contributed by atoms with E-state index in [0.717, 1.165) is 0 Å². The first-order valence-corrected chi connectivity index (χ1v) is 4.60. The summed E-state index contributed by atoms with van der Waals surface area (Å²) in [6.07, 6.45) is 0.871. The molecule has 1 rings (SSSR count). The number of rotatable bonds is 4. The van der Waals surface area contributed by atoms with Crippen molar-refractivity contribution in [2.45, 2.75) is 13.0 Å². The van der Waals surface area contributed by atoms with Crippen LogP contribution in [-0.4, -0.2) is 35.8 Å². The van der Waals surface area contributed by atoms with Gasteiger partial charge in [-0.1, -0.05) is 0 Å². The Kier molecular flexibility index (Phi) is 4.05. The van der Waals surface area contributed by atoms with Crippen LogP contribution in [0, 0.1) is 0 Å². The molecule has 0 aliphatic rings. The second-order valence-electron chi connectivity index (χ2n) is 3.15. The van der Waals surface area contributed by atoms with Crippen LogP contribution < -0.4 is 10.1 Å². The zero-order valence-electron chi connectivity index (χ0n) is 8.73. The minimum atomic E-state index is -0.555. The molecule has 0 radical (unpaired) electrons. The summed E-state index contributed by atoms with van der Waals surface area (Å²) in [5, 5.41) is 11.5. The number of nitrogens with one attached hydrogen (secondary N) is 1. The van der Waals surface area contributed by atoms with Crippen LogP contribution >= 0.6 is 0 Å². The summed E-state index contributed by atoms with van der Waals surface area (Å²) in [5.41, 5.74) is 0.441. The highest BCUT2D eigenvalue weighted by atomic mass is 16.5. The van der Waals surface area contributed by atoms with E-state index in [4.69, 9.17) is 9.84 Å². The number of hydrogen-bond donors (Lipinski definition) is 2. The summed E-state index contributed by atoms with van der Waals surface area (Å²) in [5.74, 6) is 0.202. The third-order valence-electron chi connectivity index (χ3n) is 1.77. The van der Waals surface area contributed by atoms with E-state index < -0.39 is 6.10 Å². The molecule has 1 unspecified atom stereocenters. The number of carbonyl (C=O) groups excluding carboxylic acids is 1. The SMILES string of the molecule is COc1ccc(C(=O)NCC(C)O)cn1. The average Bonchev–Trinajstić information content (AvgIpc) is 2.26. The molecule has 82 valence electrons. The maximum absolute atomic E-state index is 11.4. The Morgan fingerprint density at radius 2 is 2.40 bits per heavy atom. The van der Waals surface area contributed by atoms with Crippen molar-refractivity contribution in [1.82, 2.24) is 10.3 Å². The Morgan fingerprint density at radius 3 is 2.87 bits per heavy atom. The fourth-order valence-corrected chi connectivity index (χ4v) is 0.978. The third-order valence-corrected chi connectivity index (χ3v) is 1.77. The first-order chi connectivity index (χ1) is 7.13. The van der Waals surface area contributed by atoms with Crippen LogP contribution in [0.15, 0.2) is 18.3 Å². The van der Waals surface area contributed by atoms with Gasteiger partial charge in [-0.25, -0.2) is 4.98 Å². The smallest absolute Gasteiger partial charge is 0.252 e. The van der Waals surface area contributed by atoms with Gasteiger partial charge in [0.25, 0.3) is 5.91 Å². The molecule has 0 aliphatic carbocycles. The van der Waals surface area contributed by atoms with Crippen molar-refractivity contribution in [3.63, 3.8) is 0 Å². The van der Waals surface area contributed by atoms with E-state index in [1.165, 1.54) is 13.3 Å². The van der Waals surface area contributed by atoms with Crippen molar-refractivity contribution in [2.24, 2.45) is 0 Å². The van der Waals surface area contributed by atoms with Gasteiger partial charge in [-0.15, -0.1) is 0 Å². The summed E-state index contributed by atoms with van der Waals surface area (Å²) in [4.78, 5) is 15.3. The Morgan fingerprint density at radius 1 is 1.67 bits per heavy atom. The molecule has 0 spiro atoms. The highest BCUT2D eigenvalue weighted by Crippen LogP contribution is 2.06. The molecule has 1 amide bonds. The van der Waals surface area contributed by atoms with E-state index in [2.05, 4.69) is 10.3 Å². The number of pyridine rings is 1. The van der Waals surface area contributed by atoms with E-state index in [0.29, 0.717) is 11.4 Å². The normalized spacial score (nSPS) is 11.9. The van der Waals surface area contributed by atoms with Gasteiger partial charge in [0.2, 0.25) is 5.88 Å². The van der Waals surface area contributed by atoms with Gasteiger partial charge in [0.15, 0.2) is 0 Å². The number of aliphatic hydroxyl groups is 1. The van der Waals surface area contributed by atoms with Crippen LogP contribution in [0.5, 0.6) is 5.88 Å². The monoisotopic (exact) mass is 210 g/mol. The number of aromatic nitrogens is 1. The van der Waals surface area contributed by atoms with Crippen LogP contribution in [0.4, 0.5) is 0 Å². The average molecular weight is 210 g/mol. The first-order valence-electron chi connectivity index (χ1n) is 4.60. The second kappa shape index (κ2) is 5.31. The van der Waals surface area contributed by atoms with Gasteiger partial charge in [-0.05, 0) is 13.0 Å². The third kappa shape index (κ3) is 3.55. The number of nitrogens with zero attached hydrogens (tertiary/aromatic N) is 1. The highest BCUT2D eigenvalue weighted by molar-refractivity contribution is 5.93. The standard InChI is InChI=1S/C10H14N2O3/c1-7(13)5-12-10(14)8-3-4-9(15-2)11-6-8/h3-4,6-7,13H,5H2,1-2H3,(H,12,14). The molecule has 0 saturated carbocycles. The van der Waals surface area contributed by atoms with E-state index in [-0.39, 0.29) is 12.5 Å². The predicted molar refractivity (Wildman–Crippen MR) is 54.8 cm³/mol. The summed E-state index contributed by atoms with van der Waals surface area (Å²) >= 11 is 0. The lowest BCUT2D eigenvalue weighted by Crippen LogP contribution is -2.30. The van der Waals surface area contributed by atoms with Crippen LogP contribution in [-0.2, 0) is 0 Å². The number of amides is 1. The number of aliphatic hydroxyl groups excluding tert-OH is 1. The summed E-state index contributed by atoms with van der Waals surface area (Å²) in [7, 11) is 1.51. The van der Waals surface area contributed by atoms with E-state index >= 15 is 0 Å². The zero-order chi connectivity index (χ0) is 11.3. The lowest BCUT2D eigenvalue weighted by Gasteiger charge is -2.06. The van der Waals surface area contributed by atoms with Gasteiger partial charge in [0.1, 0.15) is 0 Å². The Balaban J connectivity index is 2.58. The topological polar surface area (TPSA) is 71.5 Å². The molecular formula is C10H14N2O3. The van der Waals surface area contributed by atoms with Crippen LogP contribution in [0.25, 0.3) is 0 Å². The van der Waals surface area contributed by atoms with E-state index in [1.807, 2.05) is 0 Å². The lowest BCUT2D eigenvalue weighted by molar-refractivity contribution is 0.0923. The van der Waals surface area contributed by atoms with Gasteiger partial charge >= 0.3 is 0 Å². The number of methoxy groups -OCH3 is 1. The first kappa shape index (κ1) is 11.5. The molecular weight excluding hydrogens is 196 g/mol. The largest absolute Gasteiger partial charge is 0.481 e. The fourth-order valence-electron chi connectivity index (χ4n) is 0.978. The number of carbonyl (C=O) groups is 1. The maximum atomic E-state index is 11.4. The number of ether oxygens (including phenoxy) is 1. The lowest BCUT2D eigenvalue weighted by atomic mass is 10.2. The molecule has 1 atom stereocenters. The summed E-state index contributed by atoms with van der Waals surface area (Å²) in [6, 6.07) is 3.22. The Labute approximate surface area is 88.1 Å². The van der Waals surface area contributed by atoms with Crippen LogP contribution in [0.2, 0.25) is 0 Å². The molecule has 0 bridgehead atoms. The molecule has 0 saturated heterocycles. The van der Waals surface area contributed by atoms with E-state index in [1.54, 1.807) is 19.1 Å².